The van der Waals surface area contributed by atoms with Gasteiger partial charge in [-0.25, -0.2) is 13.2 Å². The van der Waals surface area contributed by atoms with Crippen LogP contribution in [-0.4, -0.2) is 21.0 Å². The number of hydrogen-bond acceptors (Lipinski definition) is 3. The van der Waals surface area contributed by atoms with Crippen LogP contribution in [0.1, 0.15) is 17.5 Å². The minimum atomic E-state index is -4.62. The summed E-state index contributed by atoms with van der Waals surface area (Å²) in [5.41, 5.74) is 0.137. The Morgan fingerprint density at radius 3 is 2.33 bits per heavy atom. The Bertz CT molecular complexity index is 1280. The molecule has 33 heavy (non-hydrogen) atoms. The molecule has 172 valence electrons. The summed E-state index contributed by atoms with van der Waals surface area (Å²) >= 11 is 0. The smallest absolute Gasteiger partial charge is 0.308 e. The third-order valence-corrected chi connectivity index (χ3v) is 7.06. The largest absolute Gasteiger partial charge is 0.418 e. The van der Waals surface area contributed by atoms with Gasteiger partial charge in [0.05, 0.1) is 21.8 Å². The first-order valence-corrected chi connectivity index (χ1v) is 11.6. The van der Waals surface area contributed by atoms with Gasteiger partial charge in [-0.05, 0) is 54.8 Å². The van der Waals surface area contributed by atoms with Crippen LogP contribution in [0.4, 0.5) is 35.0 Å². The minimum Gasteiger partial charge on any atom is -0.308 e. The fourth-order valence-corrected chi connectivity index (χ4v) is 5.27. The third-order valence-electron chi connectivity index (χ3n) is 5.23. The number of fused-ring (bicyclic) bond motifs is 1. The summed E-state index contributed by atoms with van der Waals surface area (Å²) < 4.78 is 67.2. The molecule has 0 spiro atoms. The highest BCUT2D eigenvalue weighted by molar-refractivity contribution is 7.92. The number of carbonyl (C=O) groups excluding carboxylic acids is 1. The number of carbonyl (C=O) groups is 1. The number of amides is 2. The van der Waals surface area contributed by atoms with Gasteiger partial charge in [-0.2, -0.15) is 13.2 Å². The van der Waals surface area contributed by atoms with Crippen LogP contribution in [0.15, 0.2) is 77.7 Å². The summed E-state index contributed by atoms with van der Waals surface area (Å²) in [6, 6.07) is 16.6. The van der Waals surface area contributed by atoms with Crippen molar-refractivity contribution < 1.29 is 26.4 Å². The topological polar surface area (TPSA) is 78.5 Å². The average Bonchev–Trinajstić information content (AvgIpc) is 2.78. The fraction of sp³-hybridized carbons (Fsp3) is 0.174. The van der Waals surface area contributed by atoms with Gasteiger partial charge < -0.3 is 10.6 Å². The molecule has 2 amide bonds. The Labute approximate surface area is 189 Å². The third kappa shape index (κ3) is 4.80. The van der Waals surface area contributed by atoms with Gasteiger partial charge in [-0.3, -0.25) is 4.31 Å². The van der Waals surface area contributed by atoms with Crippen LogP contribution in [0.5, 0.6) is 0 Å². The number of anilines is 3. The van der Waals surface area contributed by atoms with E-state index < -0.39 is 27.8 Å². The highest BCUT2D eigenvalue weighted by Crippen LogP contribution is 2.36. The van der Waals surface area contributed by atoms with Crippen LogP contribution in [0.3, 0.4) is 0 Å². The molecule has 6 nitrogen and oxygen atoms in total. The molecule has 0 saturated carbocycles. The summed E-state index contributed by atoms with van der Waals surface area (Å²) in [7, 11) is -3.81. The molecule has 1 aliphatic heterocycles. The Morgan fingerprint density at radius 1 is 0.909 bits per heavy atom. The number of rotatable bonds is 4. The van der Waals surface area contributed by atoms with E-state index in [4.69, 9.17) is 0 Å². The SMILES string of the molecule is O=C(Nc1ccc2c(c1)N(S(=O)(=O)c1ccccc1)CCC2)Nc1ccccc1C(F)(F)F. The van der Waals surface area contributed by atoms with Crippen molar-refractivity contribution in [3.8, 4) is 0 Å². The summed E-state index contributed by atoms with van der Waals surface area (Å²) in [5, 5.41) is 4.70. The van der Waals surface area contributed by atoms with E-state index in [2.05, 4.69) is 10.6 Å². The van der Waals surface area contributed by atoms with E-state index in [1.165, 1.54) is 34.6 Å². The zero-order valence-electron chi connectivity index (χ0n) is 17.3. The first-order valence-electron chi connectivity index (χ1n) is 10.1. The van der Waals surface area contributed by atoms with Crippen LogP contribution in [0.2, 0.25) is 0 Å². The first kappa shape index (κ1) is 22.7. The van der Waals surface area contributed by atoms with E-state index in [0.717, 1.165) is 17.7 Å². The van der Waals surface area contributed by atoms with Crippen molar-refractivity contribution in [2.24, 2.45) is 0 Å². The zero-order valence-corrected chi connectivity index (χ0v) is 18.1. The van der Waals surface area contributed by atoms with Crippen molar-refractivity contribution >= 4 is 33.1 Å². The lowest BCUT2D eigenvalue weighted by Gasteiger charge is -2.31. The minimum absolute atomic E-state index is 0.151. The van der Waals surface area contributed by atoms with Crippen molar-refractivity contribution in [1.82, 2.24) is 0 Å². The molecule has 2 N–H and O–H groups in total. The molecule has 0 bridgehead atoms. The van der Waals surface area contributed by atoms with Gasteiger partial charge in [0.15, 0.2) is 0 Å². The molecule has 10 heteroatoms. The standard InChI is InChI=1S/C23H20F3N3O3S/c24-23(25,26)19-10-4-5-11-20(19)28-22(30)27-17-13-12-16-7-6-14-29(21(16)15-17)33(31,32)18-8-2-1-3-9-18/h1-5,8-13,15H,6-7,14H2,(H2,27,28,30). The Morgan fingerprint density at radius 2 is 1.61 bits per heavy atom. The lowest BCUT2D eigenvalue weighted by molar-refractivity contribution is -0.136. The van der Waals surface area contributed by atoms with Crippen LogP contribution < -0.4 is 14.9 Å². The fourth-order valence-electron chi connectivity index (χ4n) is 3.71. The van der Waals surface area contributed by atoms with E-state index in [1.54, 1.807) is 30.3 Å². The maximum Gasteiger partial charge on any atom is 0.418 e. The number of sulfonamides is 1. The molecule has 3 aromatic rings. The number of benzene rings is 3. The number of halogens is 3. The van der Waals surface area contributed by atoms with E-state index in [1.807, 2.05) is 0 Å². The monoisotopic (exact) mass is 475 g/mol. The summed E-state index contributed by atoms with van der Waals surface area (Å²) in [6.07, 6.45) is -3.32. The zero-order chi connectivity index (χ0) is 23.6. The number of urea groups is 1. The Kier molecular flexibility index (Phi) is 6.03. The van der Waals surface area contributed by atoms with Gasteiger partial charge >= 0.3 is 12.2 Å². The number of hydrogen-bond donors (Lipinski definition) is 2. The van der Waals surface area contributed by atoms with Gasteiger partial charge in [0.25, 0.3) is 10.0 Å². The molecular formula is C23H20F3N3O3S. The van der Waals surface area contributed by atoms with Gasteiger partial charge in [0, 0.05) is 12.2 Å². The predicted molar refractivity (Wildman–Crippen MR) is 120 cm³/mol. The highest BCUT2D eigenvalue weighted by Gasteiger charge is 2.34. The molecule has 0 saturated heterocycles. The van der Waals surface area contributed by atoms with E-state index in [-0.39, 0.29) is 22.8 Å². The lowest BCUT2D eigenvalue weighted by Crippen LogP contribution is -2.35. The molecule has 0 fully saturated rings. The second-order valence-corrected chi connectivity index (χ2v) is 9.32. The summed E-state index contributed by atoms with van der Waals surface area (Å²) in [5.74, 6) is 0. The molecule has 3 aromatic carbocycles. The molecule has 0 atom stereocenters. The van der Waals surface area contributed by atoms with Gasteiger partial charge in [0.2, 0.25) is 0 Å². The van der Waals surface area contributed by atoms with E-state index in [9.17, 15) is 26.4 Å². The molecule has 0 unspecified atom stereocenters. The number of nitrogens with one attached hydrogen (secondary N) is 2. The average molecular weight is 475 g/mol. The van der Waals surface area contributed by atoms with Gasteiger partial charge in [-0.15, -0.1) is 0 Å². The maximum absolute atomic E-state index is 13.2. The summed E-state index contributed by atoms with van der Waals surface area (Å²) in [4.78, 5) is 12.6. The lowest BCUT2D eigenvalue weighted by atomic mass is 10.0. The molecule has 0 aromatic heterocycles. The number of para-hydroxylation sites is 1. The molecule has 1 heterocycles. The number of aryl methyl sites for hydroxylation is 1. The summed E-state index contributed by atoms with van der Waals surface area (Å²) in [6.45, 7) is 0.277. The van der Waals surface area contributed by atoms with E-state index in [0.29, 0.717) is 18.5 Å². The maximum atomic E-state index is 13.2. The molecule has 4 rings (SSSR count). The number of alkyl halides is 3. The van der Waals surface area contributed by atoms with Crippen molar-refractivity contribution in [1.29, 1.82) is 0 Å². The van der Waals surface area contributed by atoms with Crippen LogP contribution in [-0.2, 0) is 22.6 Å². The van der Waals surface area contributed by atoms with Crippen molar-refractivity contribution in [2.75, 3.05) is 21.5 Å². The van der Waals surface area contributed by atoms with Crippen molar-refractivity contribution in [3.05, 3.63) is 83.9 Å². The Balaban J connectivity index is 1.59. The Hall–Kier alpha value is -3.53. The second kappa shape index (κ2) is 8.78. The van der Waals surface area contributed by atoms with E-state index >= 15 is 0 Å². The highest BCUT2D eigenvalue weighted by atomic mass is 32.2. The quantitative estimate of drug-likeness (QED) is 0.524. The molecule has 1 aliphatic rings. The van der Waals surface area contributed by atoms with Crippen molar-refractivity contribution in [2.45, 2.75) is 23.9 Å². The van der Waals surface area contributed by atoms with Gasteiger partial charge in [-0.1, -0.05) is 36.4 Å². The van der Waals surface area contributed by atoms with Gasteiger partial charge in [0.1, 0.15) is 0 Å². The van der Waals surface area contributed by atoms with Crippen LogP contribution in [0, 0.1) is 0 Å². The van der Waals surface area contributed by atoms with Crippen LogP contribution in [0.25, 0.3) is 0 Å². The molecule has 0 aliphatic carbocycles. The first-order chi connectivity index (χ1) is 15.7. The normalized spacial score (nSPS) is 13.8. The van der Waals surface area contributed by atoms with Crippen molar-refractivity contribution in [3.63, 3.8) is 0 Å². The predicted octanol–water partition coefficient (Wildman–Crippen LogP) is 5.49. The second-order valence-electron chi connectivity index (χ2n) is 7.46. The van der Waals surface area contributed by atoms with Crippen LogP contribution >= 0.6 is 0 Å². The molecule has 0 radical (unpaired) electrons. The number of nitrogens with zero attached hydrogens (tertiary/aromatic N) is 1. The molecular weight excluding hydrogens is 455 g/mol.